The lowest BCUT2D eigenvalue weighted by Crippen LogP contribution is -1.82. The van der Waals surface area contributed by atoms with E-state index in [0.717, 1.165) is 37.3 Å². The minimum atomic E-state index is 0.732. The Morgan fingerprint density at radius 3 is 1.86 bits per heavy atom. The van der Waals surface area contributed by atoms with E-state index in [9.17, 15) is 0 Å². The van der Waals surface area contributed by atoms with Crippen molar-refractivity contribution < 1.29 is 9.15 Å². The van der Waals surface area contributed by atoms with Gasteiger partial charge in [0.25, 0.3) is 0 Å². The van der Waals surface area contributed by atoms with Crippen molar-refractivity contribution in [3.8, 4) is 28.4 Å². The average molecular weight is 408 g/mol. The molecule has 0 fully saturated rings. The number of hydrogen-bond donors (Lipinski definition) is 0. The molecule has 0 atom stereocenters. The van der Waals surface area contributed by atoms with Gasteiger partial charge in [-0.25, -0.2) is 0 Å². The van der Waals surface area contributed by atoms with Crippen LogP contribution in [-0.4, -0.2) is 7.11 Å². The van der Waals surface area contributed by atoms with Crippen LogP contribution in [0.4, 0.5) is 0 Å². The smallest absolute Gasteiger partial charge is 0.176 e. The van der Waals surface area contributed by atoms with Gasteiger partial charge < -0.3 is 9.15 Å². The monoisotopic (exact) mass is 406 g/mol. The minimum absolute atomic E-state index is 0.732. The molecule has 3 aromatic rings. The normalized spacial score (nSPS) is 10.6. The molecule has 2 nitrogen and oxygen atoms in total. The Hall–Kier alpha value is -1.52. The molecule has 0 bridgehead atoms. The second kappa shape index (κ2) is 6.08. The Kier molecular flexibility index (Phi) is 4.17. The van der Waals surface area contributed by atoms with Crippen LogP contribution in [0.2, 0.25) is 0 Å². The molecule has 0 aliphatic rings. The highest BCUT2D eigenvalue weighted by atomic mass is 79.9. The molecule has 1 aromatic heterocycles. The van der Waals surface area contributed by atoms with Crippen LogP contribution in [0.25, 0.3) is 22.6 Å². The predicted octanol–water partition coefficient (Wildman–Crippen LogP) is 6.15. The van der Waals surface area contributed by atoms with Crippen molar-refractivity contribution >= 4 is 31.9 Å². The lowest BCUT2D eigenvalue weighted by atomic mass is 10.1. The van der Waals surface area contributed by atoms with Crippen molar-refractivity contribution in [1.82, 2.24) is 0 Å². The number of rotatable bonds is 3. The number of furan rings is 1. The first-order valence-electron chi connectivity index (χ1n) is 6.37. The first kappa shape index (κ1) is 14.4. The summed E-state index contributed by atoms with van der Waals surface area (Å²) in [6.07, 6.45) is 0. The minimum Gasteiger partial charge on any atom is -0.493 e. The van der Waals surface area contributed by atoms with Crippen LogP contribution in [0.3, 0.4) is 0 Å². The Labute approximate surface area is 140 Å². The Bertz CT molecular complexity index is 743. The number of methoxy groups -OCH3 is 1. The second-order valence-electron chi connectivity index (χ2n) is 4.52. The zero-order chi connectivity index (χ0) is 14.8. The van der Waals surface area contributed by atoms with Gasteiger partial charge in [0.05, 0.1) is 7.11 Å². The first-order chi connectivity index (χ1) is 10.2. The van der Waals surface area contributed by atoms with Gasteiger partial charge in [0, 0.05) is 26.1 Å². The summed E-state index contributed by atoms with van der Waals surface area (Å²) < 4.78 is 13.5. The van der Waals surface area contributed by atoms with Crippen LogP contribution in [0.5, 0.6) is 5.75 Å². The van der Waals surface area contributed by atoms with Crippen molar-refractivity contribution in [2.75, 3.05) is 7.11 Å². The predicted molar refractivity (Wildman–Crippen MR) is 91.5 cm³/mol. The van der Waals surface area contributed by atoms with E-state index in [2.05, 4.69) is 31.9 Å². The molecule has 0 amide bonds. The van der Waals surface area contributed by atoms with E-state index in [4.69, 9.17) is 9.15 Å². The van der Waals surface area contributed by atoms with Gasteiger partial charge in [-0.2, -0.15) is 0 Å². The molecule has 0 unspecified atom stereocenters. The quantitative estimate of drug-likeness (QED) is 0.519. The van der Waals surface area contributed by atoms with Crippen LogP contribution < -0.4 is 4.74 Å². The summed E-state index contributed by atoms with van der Waals surface area (Å²) in [7, 11) is 1.65. The first-order valence-corrected chi connectivity index (χ1v) is 7.95. The van der Waals surface area contributed by atoms with Crippen LogP contribution in [0.15, 0.2) is 68.0 Å². The van der Waals surface area contributed by atoms with Crippen molar-refractivity contribution in [2.45, 2.75) is 0 Å². The molecule has 0 aliphatic heterocycles. The summed E-state index contributed by atoms with van der Waals surface area (Å²) in [4.78, 5) is 0. The lowest BCUT2D eigenvalue weighted by Gasteiger charge is -2.01. The van der Waals surface area contributed by atoms with Gasteiger partial charge in [-0.05, 0) is 36.4 Å². The standard InChI is InChI=1S/C17H12Br2O2/c1-20-16-10-15(11-2-6-13(18)7-3-11)21-17(16)12-4-8-14(19)9-5-12/h2-10H,1H3. The van der Waals surface area contributed by atoms with Gasteiger partial charge in [0.2, 0.25) is 0 Å². The summed E-state index contributed by atoms with van der Waals surface area (Å²) in [5.74, 6) is 2.26. The van der Waals surface area contributed by atoms with Gasteiger partial charge >= 0.3 is 0 Å². The second-order valence-corrected chi connectivity index (χ2v) is 6.35. The Morgan fingerprint density at radius 2 is 1.33 bits per heavy atom. The summed E-state index contributed by atoms with van der Waals surface area (Å²) in [6, 6.07) is 17.9. The molecule has 2 aromatic carbocycles. The molecule has 0 spiro atoms. The molecule has 21 heavy (non-hydrogen) atoms. The van der Waals surface area contributed by atoms with Gasteiger partial charge in [0.15, 0.2) is 11.5 Å². The van der Waals surface area contributed by atoms with Gasteiger partial charge in [-0.15, -0.1) is 0 Å². The van der Waals surface area contributed by atoms with Gasteiger partial charge in [0.1, 0.15) is 5.76 Å². The Balaban J connectivity index is 2.05. The van der Waals surface area contributed by atoms with E-state index in [0.29, 0.717) is 0 Å². The average Bonchev–Trinajstić information content (AvgIpc) is 2.93. The fraction of sp³-hybridized carbons (Fsp3) is 0.0588. The number of ether oxygens (including phenoxy) is 1. The maximum absolute atomic E-state index is 6.00. The summed E-state index contributed by atoms with van der Waals surface area (Å²) >= 11 is 6.87. The van der Waals surface area contributed by atoms with E-state index in [-0.39, 0.29) is 0 Å². The maximum Gasteiger partial charge on any atom is 0.176 e. The molecular weight excluding hydrogens is 396 g/mol. The zero-order valence-electron chi connectivity index (χ0n) is 11.3. The molecule has 0 aliphatic carbocycles. The largest absolute Gasteiger partial charge is 0.493 e. The van der Waals surface area contributed by atoms with Gasteiger partial charge in [-0.3, -0.25) is 0 Å². The van der Waals surface area contributed by atoms with Crippen LogP contribution >= 0.6 is 31.9 Å². The van der Waals surface area contributed by atoms with Crippen LogP contribution in [-0.2, 0) is 0 Å². The molecule has 0 radical (unpaired) electrons. The number of hydrogen-bond acceptors (Lipinski definition) is 2. The third-order valence-corrected chi connectivity index (χ3v) is 4.21. The molecule has 0 saturated carbocycles. The van der Waals surface area contributed by atoms with E-state index in [1.54, 1.807) is 7.11 Å². The highest BCUT2D eigenvalue weighted by Crippen LogP contribution is 2.38. The molecule has 0 N–H and O–H groups in total. The SMILES string of the molecule is COc1cc(-c2ccc(Br)cc2)oc1-c1ccc(Br)cc1. The van der Waals surface area contributed by atoms with Gasteiger partial charge in [-0.1, -0.05) is 44.0 Å². The highest BCUT2D eigenvalue weighted by molar-refractivity contribution is 9.10. The number of halogens is 2. The Morgan fingerprint density at radius 1 is 0.810 bits per heavy atom. The highest BCUT2D eigenvalue weighted by Gasteiger charge is 2.15. The lowest BCUT2D eigenvalue weighted by molar-refractivity contribution is 0.410. The van der Waals surface area contributed by atoms with E-state index >= 15 is 0 Å². The van der Waals surface area contributed by atoms with E-state index in [1.807, 2.05) is 54.6 Å². The third kappa shape index (κ3) is 3.06. The fourth-order valence-corrected chi connectivity index (χ4v) is 2.61. The van der Waals surface area contributed by atoms with Crippen molar-refractivity contribution in [1.29, 1.82) is 0 Å². The maximum atomic E-state index is 6.00. The summed E-state index contributed by atoms with van der Waals surface area (Å²) in [5.41, 5.74) is 2.00. The third-order valence-electron chi connectivity index (χ3n) is 3.15. The topological polar surface area (TPSA) is 22.4 Å². The molecule has 106 valence electrons. The van der Waals surface area contributed by atoms with Crippen LogP contribution in [0, 0.1) is 0 Å². The number of benzene rings is 2. The molecule has 4 heteroatoms. The summed E-state index contributed by atoms with van der Waals surface area (Å²) in [6.45, 7) is 0. The van der Waals surface area contributed by atoms with Crippen molar-refractivity contribution in [3.05, 3.63) is 63.5 Å². The molecule has 1 heterocycles. The van der Waals surface area contributed by atoms with Crippen molar-refractivity contribution in [3.63, 3.8) is 0 Å². The van der Waals surface area contributed by atoms with Crippen LogP contribution in [0.1, 0.15) is 0 Å². The zero-order valence-corrected chi connectivity index (χ0v) is 14.4. The molecular formula is C17H12Br2O2. The molecule has 3 rings (SSSR count). The van der Waals surface area contributed by atoms with E-state index in [1.165, 1.54) is 0 Å². The fourth-order valence-electron chi connectivity index (χ4n) is 2.08. The molecule has 0 saturated heterocycles. The summed E-state index contributed by atoms with van der Waals surface area (Å²) in [5, 5.41) is 0. The van der Waals surface area contributed by atoms with E-state index < -0.39 is 0 Å². The van der Waals surface area contributed by atoms with Crippen molar-refractivity contribution in [2.24, 2.45) is 0 Å².